The van der Waals surface area contributed by atoms with Gasteiger partial charge in [0, 0.05) is 23.3 Å². The summed E-state index contributed by atoms with van der Waals surface area (Å²) in [7, 11) is 0. The molecular formula is C18H17ClN2O4. The van der Waals surface area contributed by atoms with E-state index in [0.29, 0.717) is 41.9 Å². The van der Waals surface area contributed by atoms with Crippen LogP contribution in [0.4, 0.5) is 10.5 Å². The van der Waals surface area contributed by atoms with Gasteiger partial charge in [-0.05, 0) is 29.8 Å². The van der Waals surface area contributed by atoms with Gasteiger partial charge >= 0.3 is 6.03 Å². The number of anilines is 1. The zero-order valence-corrected chi connectivity index (χ0v) is 14.2. The molecule has 2 aliphatic rings. The minimum Gasteiger partial charge on any atom is -0.454 e. The van der Waals surface area contributed by atoms with Crippen LogP contribution in [0.25, 0.3) is 0 Å². The Balaban J connectivity index is 1.42. The molecule has 0 saturated carbocycles. The summed E-state index contributed by atoms with van der Waals surface area (Å²) in [6, 6.07) is 12.7. The second-order valence-corrected chi connectivity index (χ2v) is 6.29. The first-order chi connectivity index (χ1) is 12.2. The van der Waals surface area contributed by atoms with Crippen molar-refractivity contribution in [3.05, 3.63) is 53.1 Å². The summed E-state index contributed by atoms with van der Waals surface area (Å²) in [5.41, 5.74) is 1.67. The molecule has 0 unspecified atom stereocenters. The van der Waals surface area contributed by atoms with Crippen molar-refractivity contribution in [2.45, 2.75) is 6.10 Å². The number of halogens is 1. The molecule has 0 spiro atoms. The fourth-order valence-corrected chi connectivity index (χ4v) is 3.02. The third-order valence-corrected chi connectivity index (χ3v) is 4.47. The second-order valence-electron chi connectivity index (χ2n) is 5.86. The van der Waals surface area contributed by atoms with Gasteiger partial charge in [0.15, 0.2) is 11.5 Å². The zero-order chi connectivity index (χ0) is 17.2. The van der Waals surface area contributed by atoms with Crippen LogP contribution in [0.3, 0.4) is 0 Å². The van der Waals surface area contributed by atoms with Crippen LogP contribution in [0.2, 0.25) is 5.02 Å². The molecule has 2 aromatic carbocycles. The van der Waals surface area contributed by atoms with Crippen molar-refractivity contribution in [1.82, 2.24) is 4.90 Å². The minimum atomic E-state index is -0.166. The average molecular weight is 361 g/mol. The lowest BCUT2D eigenvalue weighted by Crippen LogP contribution is -2.44. The van der Waals surface area contributed by atoms with Crippen molar-refractivity contribution in [3.63, 3.8) is 0 Å². The molecule has 1 atom stereocenters. The number of carbonyl (C=O) groups is 1. The number of rotatable bonds is 2. The number of urea groups is 1. The van der Waals surface area contributed by atoms with Crippen LogP contribution in [0.1, 0.15) is 11.7 Å². The summed E-state index contributed by atoms with van der Waals surface area (Å²) in [6.45, 7) is 1.72. The lowest BCUT2D eigenvalue weighted by molar-refractivity contribution is -0.0135. The highest BCUT2D eigenvalue weighted by Gasteiger charge is 2.26. The Morgan fingerprint density at radius 2 is 1.92 bits per heavy atom. The molecule has 130 valence electrons. The lowest BCUT2D eigenvalue weighted by atomic mass is 10.1. The summed E-state index contributed by atoms with van der Waals surface area (Å²) in [5.74, 6) is 1.32. The van der Waals surface area contributed by atoms with Crippen LogP contribution < -0.4 is 14.8 Å². The highest BCUT2D eigenvalue weighted by Crippen LogP contribution is 2.34. The van der Waals surface area contributed by atoms with E-state index in [-0.39, 0.29) is 18.9 Å². The van der Waals surface area contributed by atoms with Crippen molar-refractivity contribution in [3.8, 4) is 11.5 Å². The Bertz CT molecular complexity index is 781. The van der Waals surface area contributed by atoms with Gasteiger partial charge in [0.05, 0.1) is 13.2 Å². The maximum Gasteiger partial charge on any atom is 0.322 e. The fraction of sp³-hybridized carbons (Fsp3) is 0.278. The van der Waals surface area contributed by atoms with Crippen LogP contribution in [-0.4, -0.2) is 37.4 Å². The van der Waals surface area contributed by atoms with Crippen LogP contribution in [0, 0.1) is 0 Å². The summed E-state index contributed by atoms with van der Waals surface area (Å²) in [6.07, 6.45) is -0.159. The molecule has 0 bridgehead atoms. The van der Waals surface area contributed by atoms with Crippen LogP contribution in [0.5, 0.6) is 11.5 Å². The number of fused-ring (bicyclic) bond motifs is 1. The molecular weight excluding hydrogens is 344 g/mol. The van der Waals surface area contributed by atoms with Crippen LogP contribution >= 0.6 is 11.6 Å². The van der Waals surface area contributed by atoms with E-state index in [4.69, 9.17) is 25.8 Å². The zero-order valence-electron chi connectivity index (χ0n) is 13.4. The predicted molar refractivity (Wildman–Crippen MR) is 93.3 cm³/mol. The van der Waals surface area contributed by atoms with Gasteiger partial charge in [-0.25, -0.2) is 4.79 Å². The highest BCUT2D eigenvalue weighted by atomic mass is 35.5. The van der Waals surface area contributed by atoms with Gasteiger partial charge < -0.3 is 24.4 Å². The van der Waals surface area contributed by atoms with Crippen molar-refractivity contribution < 1.29 is 19.0 Å². The summed E-state index contributed by atoms with van der Waals surface area (Å²) < 4.78 is 16.4. The third-order valence-electron chi connectivity index (χ3n) is 4.22. The maximum atomic E-state index is 12.6. The van der Waals surface area contributed by atoms with E-state index in [1.165, 1.54) is 0 Å². The molecule has 1 saturated heterocycles. The quantitative estimate of drug-likeness (QED) is 0.887. The molecule has 0 aliphatic carbocycles. The molecule has 1 fully saturated rings. The minimum absolute atomic E-state index is 0.159. The predicted octanol–water partition coefficient (Wildman–Crippen LogP) is 3.67. The molecule has 6 nitrogen and oxygen atoms in total. The van der Waals surface area contributed by atoms with Crippen molar-refractivity contribution in [1.29, 1.82) is 0 Å². The molecule has 0 aromatic heterocycles. The number of hydrogen-bond donors (Lipinski definition) is 1. The second kappa shape index (κ2) is 6.82. The number of nitrogens with zero attached hydrogens (tertiary/aromatic N) is 1. The average Bonchev–Trinajstić information content (AvgIpc) is 3.10. The van der Waals surface area contributed by atoms with Gasteiger partial charge in [-0.15, -0.1) is 0 Å². The van der Waals surface area contributed by atoms with Crippen molar-refractivity contribution in [2.24, 2.45) is 0 Å². The summed E-state index contributed by atoms with van der Waals surface area (Å²) in [4.78, 5) is 14.3. The molecule has 1 N–H and O–H groups in total. The highest BCUT2D eigenvalue weighted by molar-refractivity contribution is 6.30. The topological polar surface area (TPSA) is 60.0 Å². The summed E-state index contributed by atoms with van der Waals surface area (Å²) in [5, 5.41) is 3.57. The fourth-order valence-electron chi connectivity index (χ4n) is 2.89. The SMILES string of the molecule is O=C(Nc1ccc2c(c1)OCO2)N1CCO[C@@H](c2ccc(Cl)cc2)C1. The molecule has 2 aliphatic heterocycles. The van der Waals surface area contributed by atoms with E-state index >= 15 is 0 Å². The van der Waals surface area contributed by atoms with Gasteiger partial charge in [-0.3, -0.25) is 0 Å². The van der Waals surface area contributed by atoms with Crippen LogP contribution in [0.15, 0.2) is 42.5 Å². The van der Waals surface area contributed by atoms with E-state index < -0.39 is 0 Å². The largest absolute Gasteiger partial charge is 0.454 e. The Labute approximate surface area is 150 Å². The molecule has 2 heterocycles. The number of morpholine rings is 1. The first-order valence-electron chi connectivity index (χ1n) is 8.02. The van der Waals surface area contributed by atoms with E-state index in [2.05, 4.69) is 5.32 Å². The lowest BCUT2D eigenvalue weighted by Gasteiger charge is -2.33. The Morgan fingerprint density at radius 3 is 2.76 bits per heavy atom. The van der Waals surface area contributed by atoms with Gasteiger partial charge in [0.2, 0.25) is 6.79 Å². The number of carbonyl (C=O) groups excluding carboxylic acids is 1. The van der Waals surface area contributed by atoms with Gasteiger partial charge in [-0.1, -0.05) is 23.7 Å². The van der Waals surface area contributed by atoms with Gasteiger partial charge in [0.25, 0.3) is 0 Å². The molecule has 7 heteroatoms. The normalized spacial score (nSPS) is 18.9. The standard InChI is InChI=1S/C18H17ClN2O4/c19-13-3-1-12(2-4-13)17-10-21(7-8-23-17)18(22)20-14-5-6-15-16(9-14)25-11-24-15/h1-6,9,17H,7-8,10-11H2,(H,20,22)/t17-/m1/s1. The Morgan fingerprint density at radius 1 is 1.12 bits per heavy atom. The van der Waals surface area contributed by atoms with E-state index in [0.717, 1.165) is 5.56 Å². The van der Waals surface area contributed by atoms with Crippen molar-refractivity contribution >= 4 is 23.3 Å². The van der Waals surface area contributed by atoms with Gasteiger partial charge in [-0.2, -0.15) is 0 Å². The number of hydrogen-bond acceptors (Lipinski definition) is 4. The monoisotopic (exact) mass is 360 g/mol. The molecule has 2 amide bonds. The number of amides is 2. The third kappa shape index (κ3) is 3.50. The van der Waals surface area contributed by atoms with E-state index in [1.54, 1.807) is 23.1 Å². The van der Waals surface area contributed by atoms with E-state index in [1.807, 2.05) is 24.3 Å². The Hall–Kier alpha value is -2.44. The smallest absolute Gasteiger partial charge is 0.322 e. The number of benzene rings is 2. The molecule has 2 aromatic rings. The Kier molecular flexibility index (Phi) is 4.38. The maximum absolute atomic E-state index is 12.6. The van der Waals surface area contributed by atoms with Crippen LogP contribution in [-0.2, 0) is 4.74 Å². The first kappa shape index (κ1) is 16.1. The number of nitrogens with one attached hydrogen (secondary N) is 1. The molecule has 25 heavy (non-hydrogen) atoms. The van der Waals surface area contributed by atoms with Gasteiger partial charge in [0.1, 0.15) is 6.10 Å². The number of ether oxygens (including phenoxy) is 3. The van der Waals surface area contributed by atoms with Crippen molar-refractivity contribution in [2.75, 3.05) is 31.8 Å². The molecule has 4 rings (SSSR count). The first-order valence-corrected chi connectivity index (χ1v) is 8.39. The molecule has 0 radical (unpaired) electrons. The summed E-state index contributed by atoms with van der Waals surface area (Å²) >= 11 is 5.93. The van der Waals surface area contributed by atoms with E-state index in [9.17, 15) is 4.79 Å².